The first-order valence-corrected chi connectivity index (χ1v) is 12.8. The number of amides is 3. The van der Waals surface area contributed by atoms with Crippen LogP contribution in [0.25, 0.3) is 4.95 Å². The van der Waals surface area contributed by atoms with E-state index in [1.165, 1.54) is 0 Å². The van der Waals surface area contributed by atoms with E-state index in [9.17, 15) is 9.59 Å². The highest BCUT2D eigenvalue weighted by Crippen LogP contribution is 2.23. The fourth-order valence-corrected chi connectivity index (χ4v) is 5.51. The van der Waals surface area contributed by atoms with Gasteiger partial charge < -0.3 is 15.1 Å². The number of hydrogen-bond acceptors (Lipinski definition) is 5. The molecule has 34 heavy (non-hydrogen) atoms. The first-order valence-electron chi connectivity index (χ1n) is 11.1. The lowest BCUT2D eigenvalue weighted by molar-refractivity contribution is 0.0909. The largest absolute Gasteiger partial charge is 0.383 e. The second kappa shape index (κ2) is 12.4. The lowest BCUT2D eigenvalue weighted by Gasteiger charge is -2.40. The minimum atomic E-state index is -0.346. The van der Waals surface area contributed by atoms with E-state index in [4.69, 9.17) is 29.8 Å². The van der Waals surface area contributed by atoms with Crippen LogP contribution in [0.3, 0.4) is 0 Å². The Morgan fingerprint density at radius 2 is 2.12 bits per heavy atom. The molecule has 0 bridgehead atoms. The fraction of sp³-hybridized carbons (Fsp3) is 0.478. The summed E-state index contributed by atoms with van der Waals surface area (Å²) in [6, 6.07) is 3.62. The van der Waals surface area contributed by atoms with E-state index in [1.54, 1.807) is 29.2 Å². The third-order valence-corrected chi connectivity index (χ3v) is 7.32. The summed E-state index contributed by atoms with van der Waals surface area (Å²) in [4.78, 5) is 36.2. The predicted molar refractivity (Wildman–Crippen MR) is 135 cm³/mol. The molecule has 2 N–H and O–H groups in total. The molecule has 8 nitrogen and oxygen atoms in total. The van der Waals surface area contributed by atoms with E-state index in [1.807, 2.05) is 16.8 Å². The number of aryl methyl sites for hydroxylation is 1. The van der Waals surface area contributed by atoms with Crippen molar-refractivity contribution in [3.63, 3.8) is 0 Å². The molecule has 0 aliphatic carbocycles. The molecule has 0 unspecified atom stereocenters. The van der Waals surface area contributed by atoms with Gasteiger partial charge in [0, 0.05) is 38.3 Å². The maximum absolute atomic E-state index is 12.6. The molecule has 3 heterocycles. The third-order valence-electron chi connectivity index (χ3n) is 6.12. The molecule has 2 aromatic heterocycles. The second-order valence-electron chi connectivity index (χ2n) is 8.38. The van der Waals surface area contributed by atoms with Crippen molar-refractivity contribution in [1.29, 1.82) is 0 Å². The summed E-state index contributed by atoms with van der Waals surface area (Å²) >= 11 is 13.6. The van der Waals surface area contributed by atoms with Gasteiger partial charge in [-0.2, -0.15) is 22.9 Å². The minimum absolute atomic E-state index is 0.0762. The summed E-state index contributed by atoms with van der Waals surface area (Å²) in [7, 11) is 0. The molecule has 1 atom stereocenters. The van der Waals surface area contributed by atoms with Crippen LogP contribution < -0.4 is 10.7 Å². The molecule has 2 aromatic rings. The number of hydrogen-bond donors (Lipinski definition) is 2. The number of piperidine rings is 1. The number of rotatable bonds is 8. The van der Waals surface area contributed by atoms with Gasteiger partial charge in [0.25, 0.3) is 5.91 Å². The molecule has 0 radical (unpaired) electrons. The Bertz CT molecular complexity index is 1010. The topological polar surface area (TPSA) is 81.9 Å². The average Bonchev–Trinajstić information content (AvgIpc) is 3.30. The van der Waals surface area contributed by atoms with Crippen molar-refractivity contribution in [2.24, 2.45) is 0 Å². The first kappa shape index (κ1) is 26.2. The molecule has 3 rings (SSSR count). The van der Waals surface area contributed by atoms with Gasteiger partial charge in [-0.15, -0.1) is 0 Å². The molecule has 1 fully saturated rings. The molecule has 3 amide bonds. The van der Waals surface area contributed by atoms with E-state index in [-0.39, 0.29) is 34.3 Å². The van der Waals surface area contributed by atoms with Crippen molar-refractivity contribution >= 4 is 46.5 Å². The van der Waals surface area contributed by atoms with Crippen LogP contribution in [-0.2, 0) is 6.54 Å². The summed E-state index contributed by atoms with van der Waals surface area (Å²) in [6.07, 6.45) is 2.44. The Kier molecular flexibility index (Phi) is 9.54. The van der Waals surface area contributed by atoms with Crippen LogP contribution in [0.15, 0.2) is 22.9 Å². The Hall–Kier alpha value is -2.38. The quantitative estimate of drug-likeness (QED) is 0.297. The second-order valence-corrected chi connectivity index (χ2v) is 9.90. The first-order chi connectivity index (χ1) is 16.3. The SMILES string of the molecule is [C-]#[N+]NC(=O)N(Cc1ccsc1)C1CCN([C@H](C)CCNC(=O)c2c(C)cc(Cl)nc2Cl)CC1. The van der Waals surface area contributed by atoms with E-state index in [0.717, 1.165) is 37.9 Å². The average molecular weight is 523 g/mol. The Labute approximate surface area is 214 Å². The highest BCUT2D eigenvalue weighted by Gasteiger charge is 2.30. The van der Waals surface area contributed by atoms with E-state index < -0.39 is 0 Å². The number of pyridine rings is 1. The van der Waals surface area contributed by atoms with Gasteiger partial charge in [0.05, 0.1) is 5.56 Å². The number of halogens is 2. The van der Waals surface area contributed by atoms with Crippen LogP contribution in [0.1, 0.15) is 47.7 Å². The lowest BCUT2D eigenvalue weighted by atomic mass is 10.0. The smallest absolute Gasteiger partial charge is 0.352 e. The number of thiophene rings is 1. The van der Waals surface area contributed by atoms with Gasteiger partial charge in [-0.25, -0.2) is 9.78 Å². The van der Waals surface area contributed by atoms with Gasteiger partial charge >= 0.3 is 6.03 Å². The molecular formula is C23H28Cl2N6O2S. The van der Waals surface area contributed by atoms with E-state index >= 15 is 0 Å². The number of nitrogens with one attached hydrogen (secondary N) is 2. The van der Waals surface area contributed by atoms with Crippen LogP contribution in [0.2, 0.25) is 10.3 Å². The van der Waals surface area contributed by atoms with Crippen molar-refractivity contribution in [2.45, 2.75) is 51.7 Å². The molecule has 1 aliphatic heterocycles. The zero-order valence-electron chi connectivity index (χ0n) is 19.2. The zero-order chi connectivity index (χ0) is 24.7. The summed E-state index contributed by atoms with van der Waals surface area (Å²) in [6.45, 7) is 13.6. The lowest BCUT2D eigenvalue weighted by Crippen LogP contribution is -2.51. The molecule has 182 valence electrons. The predicted octanol–water partition coefficient (Wildman–Crippen LogP) is 4.78. The number of carbonyl (C=O) groups excluding carboxylic acids is 2. The van der Waals surface area contributed by atoms with Crippen molar-refractivity contribution < 1.29 is 9.59 Å². The molecule has 0 saturated carbocycles. The molecule has 1 aliphatic rings. The van der Waals surface area contributed by atoms with E-state index in [2.05, 4.69) is 32.5 Å². The van der Waals surface area contributed by atoms with Crippen LogP contribution in [0.5, 0.6) is 0 Å². The van der Waals surface area contributed by atoms with Crippen molar-refractivity contribution in [2.75, 3.05) is 19.6 Å². The Morgan fingerprint density at radius 3 is 2.74 bits per heavy atom. The maximum atomic E-state index is 12.6. The molecule has 0 aromatic carbocycles. The van der Waals surface area contributed by atoms with Gasteiger partial charge in [-0.1, -0.05) is 23.2 Å². The highest BCUT2D eigenvalue weighted by molar-refractivity contribution is 7.07. The highest BCUT2D eigenvalue weighted by atomic mass is 35.5. The summed E-state index contributed by atoms with van der Waals surface area (Å²) in [5.41, 5.74) is 4.37. The molecule has 0 spiro atoms. The number of urea groups is 1. The third kappa shape index (κ3) is 6.83. The number of likely N-dealkylation sites (tertiary alicyclic amines) is 1. The normalized spacial score (nSPS) is 15.4. The standard InChI is InChI=1S/C23H28Cl2N6O2S/c1-15-12-19(24)28-21(25)20(15)22(32)27-8-4-16(2)30-9-5-18(6-10-30)31(23(33)29-26-3)13-17-7-11-34-14-17/h7,11-12,14,16,18H,4-6,8-10,13H2,1-2H3,(H,27,32)(H,29,33)/t16-/m1/s1. The number of aromatic nitrogens is 1. The van der Waals surface area contributed by atoms with Crippen LogP contribution in [-0.4, -0.2) is 58.4 Å². The number of nitrogens with zero attached hydrogens (tertiary/aromatic N) is 4. The molecule has 11 heteroatoms. The van der Waals surface area contributed by atoms with Crippen molar-refractivity contribution in [1.82, 2.24) is 25.5 Å². The van der Waals surface area contributed by atoms with Crippen molar-refractivity contribution in [3.8, 4) is 0 Å². The maximum Gasteiger partial charge on any atom is 0.383 e. The molecule has 1 saturated heterocycles. The van der Waals surface area contributed by atoms with Gasteiger partial charge in [0.1, 0.15) is 10.3 Å². The Balaban J connectivity index is 1.49. The monoisotopic (exact) mass is 522 g/mol. The summed E-state index contributed by atoms with van der Waals surface area (Å²) in [5, 5.41) is 7.31. The number of carbonyl (C=O) groups is 2. The summed E-state index contributed by atoms with van der Waals surface area (Å²) < 4.78 is 0. The zero-order valence-corrected chi connectivity index (χ0v) is 21.5. The van der Waals surface area contributed by atoms with Crippen LogP contribution >= 0.6 is 34.5 Å². The minimum Gasteiger partial charge on any atom is -0.352 e. The van der Waals surface area contributed by atoms with Crippen LogP contribution in [0.4, 0.5) is 4.79 Å². The van der Waals surface area contributed by atoms with E-state index in [0.29, 0.717) is 24.2 Å². The molecular weight excluding hydrogens is 495 g/mol. The summed E-state index contributed by atoms with van der Waals surface area (Å²) in [5.74, 6) is -0.257. The van der Waals surface area contributed by atoms with Gasteiger partial charge in [0.2, 0.25) is 0 Å². The Morgan fingerprint density at radius 1 is 1.38 bits per heavy atom. The fourth-order valence-electron chi connectivity index (χ4n) is 4.23. The van der Waals surface area contributed by atoms with Gasteiger partial charge in [-0.05, 0) is 72.6 Å². The van der Waals surface area contributed by atoms with Crippen molar-refractivity contribution in [3.05, 3.63) is 61.4 Å². The van der Waals surface area contributed by atoms with Gasteiger partial charge in [0.15, 0.2) is 0 Å². The van der Waals surface area contributed by atoms with Crippen LogP contribution in [0, 0.1) is 13.5 Å². The van der Waals surface area contributed by atoms with Gasteiger partial charge in [-0.3, -0.25) is 4.79 Å².